The van der Waals surface area contributed by atoms with E-state index < -0.39 is 0 Å². The molecule has 1 unspecified atom stereocenters. The average molecular weight is 261 g/mol. The van der Waals surface area contributed by atoms with E-state index in [1.807, 2.05) is 13.0 Å². The summed E-state index contributed by atoms with van der Waals surface area (Å²) in [5.41, 5.74) is 7.82. The number of ether oxygens (including phenoxy) is 1. The fraction of sp³-hybridized carbons (Fsp3) is 0.357. The van der Waals surface area contributed by atoms with Crippen LogP contribution in [-0.2, 0) is 0 Å². The van der Waals surface area contributed by atoms with E-state index in [0.29, 0.717) is 18.2 Å². The number of anilines is 1. The molecule has 1 aromatic heterocycles. The molecule has 19 heavy (non-hydrogen) atoms. The zero-order chi connectivity index (χ0) is 13.4. The maximum atomic E-state index is 13.3. The fourth-order valence-electron chi connectivity index (χ4n) is 2.56. The molecule has 3 rings (SSSR count). The molecule has 1 aliphatic rings. The molecule has 5 heteroatoms. The minimum absolute atomic E-state index is 0.00630. The minimum atomic E-state index is -0.288. The van der Waals surface area contributed by atoms with Gasteiger partial charge in [-0.1, -0.05) is 6.07 Å². The van der Waals surface area contributed by atoms with Gasteiger partial charge < -0.3 is 10.5 Å². The van der Waals surface area contributed by atoms with E-state index in [0.717, 1.165) is 24.1 Å². The normalized spacial score (nSPS) is 18.5. The monoisotopic (exact) mass is 261 g/mol. The first-order valence-corrected chi connectivity index (χ1v) is 6.39. The van der Waals surface area contributed by atoms with Gasteiger partial charge in [0.2, 0.25) is 0 Å². The van der Waals surface area contributed by atoms with Gasteiger partial charge in [0.05, 0.1) is 18.3 Å². The second kappa shape index (κ2) is 4.57. The number of nitrogens with two attached hydrogens (primary N) is 1. The lowest BCUT2D eigenvalue weighted by molar-refractivity contribution is 0.313. The van der Waals surface area contributed by atoms with Crippen molar-refractivity contribution in [2.75, 3.05) is 12.3 Å². The summed E-state index contributed by atoms with van der Waals surface area (Å²) in [7, 11) is 0. The van der Waals surface area contributed by atoms with Gasteiger partial charge in [0.25, 0.3) is 0 Å². The van der Waals surface area contributed by atoms with Gasteiger partial charge in [-0.2, -0.15) is 5.10 Å². The molecular formula is C14H16FN3O. The molecule has 0 saturated carbocycles. The zero-order valence-electron chi connectivity index (χ0n) is 10.8. The zero-order valence-corrected chi connectivity index (χ0v) is 10.8. The first-order chi connectivity index (χ1) is 9.15. The number of rotatable bonds is 1. The highest BCUT2D eigenvalue weighted by Crippen LogP contribution is 2.35. The van der Waals surface area contributed by atoms with Crippen LogP contribution in [0.5, 0.6) is 5.75 Å². The van der Waals surface area contributed by atoms with Crippen molar-refractivity contribution in [1.29, 1.82) is 0 Å². The molecule has 0 aliphatic carbocycles. The number of aryl methyl sites for hydroxylation is 1. The Morgan fingerprint density at radius 1 is 1.42 bits per heavy atom. The molecule has 1 aromatic carbocycles. The Morgan fingerprint density at radius 2 is 2.26 bits per heavy atom. The lowest BCUT2D eigenvalue weighted by Gasteiger charge is -2.18. The number of halogens is 1. The Bertz CT molecular complexity index is 609. The van der Waals surface area contributed by atoms with Crippen molar-refractivity contribution in [2.24, 2.45) is 0 Å². The quantitative estimate of drug-likeness (QED) is 0.858. The summed E-state index contributed by atoms with van der Waals surface area (Å²) in [5.74, 6) is 0.929. The number of nitrogens with zero attached hydrogens (tertiary/aromatic N) is 2. The van der Waals surface area contributed by atoms with Gasteiger partial charge in [0.1, 0.15) is 17.4 Å². The van der Waals surface area contributed by atoms with E-state index in [1.54, 1.807) is 10.7 Å². The summed E-state index contributed by atoms with van der Waals surface area (Å²) in [4.78, 5) is 0. The van der Waals surface area contributed by atoms with Crippen molar-refractivity contribution in [3.05, 3.63) is 41.3 Å². The molecule has 0 radical (unpaired) electrons. The maximum Gasteiger partial charge on any atom is 0.127 e. The van der Waals surface area contributed by atoms with Crippen molar-refractivity contribution in [1.82, 2.24) is 9.78 Å². The van der Waals surface area contributed by atoms with Crippen LogP contribution in [-0.4, -0.2) is 16.4 Å². The van der Waals surface area contributed by atoms with Gasteiger partial charge in [-0.3, -0.25) is 0 Å². The number of hydrogen-bond acceptors (Lipinski definition) is 3. The van der Waals surface area contributed by atoms with Crippen LogP contribution in [0.3, 0.4) is 0 Å². The molecule has 4 nitrogen and oxygen atoms in total. The van der Waals surface area contributed by atoms with Crippen molar-refractivity contribution in [2.45, 2.75) is 25.8 Å². The maximum absolute atomic E-state index is 13.3. The second-order valence-electron chi connectivity index (χ2n) is 4.84. The molecular weight excluding hydrogens is 245 g/mol. The largest absolute Gasteiger partial charge is 0.493 e. The van der Waals surface area contributed by atoms with Gasteiger partial charge in [0, 0.05) is 17.7 Å². The van der Waals surface area contributed by atoms with Crippen LogP contribution in [0.2, 0.25) is 0 Å². The first kappa shape index (κ1) is 12.0. The highest BCUT2D eigenvalue weighted by atomic mass is 19.1. The van der Waals surface area contributed by atoms with Crippen LogP contribution in [0.4, 0.5) is 10.2 Å². The smallest absolute Gasteiger partial charge is 0.127 e. The lowest BCUT2D eigenvalue weighted by Crippen LogP contribution is -2.14. The van der Waals surface area contributed by atoms with Crippen LogP contribution >= 0.6 is 0 Å². The summed E-state index contributed by atoms with van der Waals surface area (Å²) < 4.78 is 20.7. The second-order valence-corrected chi connectivity index (χ2v) is 4.84. The Kier molecular flexibility index (Phi) is 2.89. The summed E-state index contributed by atoms with van der Waals surface area (Å²) in [6.45, 7) is 2.50. The van der Waals surface area contributed by atoms with E-state index in [1.165, 1.54) is 12.1 Å². The Morgan fingerprint density at radius 3 is 3.00 bits per heavy atom. The molecule has 0 fully saturated rings. The first-order valence-electron chi connectivity index (χ1n) is 6.39. The van der Waals surface area contributed by atoms with Crippen molar-refractivity contribution < 1.29 is 9.13 Å². The molecule has 0 spiro atoms. The standard InChI is InChI=1S/C14H16FN3O/c1-9-7-14(16)18(17-9)12-3-2-6-19-13-8-10(15)4-5-11(12)13/h4-5,7-8,12H,2-3,6,16H2,1H3. The lowest BCUT2D eigenvalue weighted by atomic mass is 10.0. The van der Waals surface area contributed by atoms with Crippen LogP contribution < -0.4 is 10.5 Å². The van der Waals surface area contributed by atoms with Gasteiger partial charge in [-0.05, 0) is 25.8 Å². The third-order valence-electron chi connectivity index (χ3n) is 3.40. The van der Waals surface area contributed by atoms with Crippen molar-refractivity contribution >= 4 is 5.82 Å². The predicted octanol–water partition coefficient (Wildman–Crippen LogP) is 2.67. The van der Waals surface area contributed by atoms with Crippen LogP contribution in [0.15, 0.2) is 24.3 Å². The van der Waals surface area contributed by atoms with E-state index >= 15 is 0 Å². The van der Waals surface area contributed by atoms with Gasteiger partial charge in [-0.15, -0.1) is 0 Å². The molecule has 0 amide bonds. The van der Waals surface area contributed by atoms with Gasteiger partial charge in [0.15, 0.2) is 0 Å². The number of nitrogen functional groups attached to an aromatic ring is 1. The van der Waals surface area contributed by atoms with Crippen molar-refractivity contribution in [3.8, 4) is 5.75 Å². The van der Waals surface area contributed by atoms with Crippen LogP contribution in [0, 0.1) is 12.7 Å². The topological polar surface area (TPSA) is 53.1 Å². The number of fused-ring (bicyclic) bond motifs is 1. The molecule has 0 saturated heterocycles. The van der Waals surface area contributed by atoms with E-state index in [4.69, 9.17) is 10.5 Å². The van der Waals surface area contributed by atoms with E-state index in [9.17, 15) is 4.39 Å². The Balaban J connectivity index is 2.10. The highest BCUT2D eigenvalue weighted by molar-refractivity contribution is 5.40. The van der Waals surface area contributed by atoms with E-state index in [2.05, 4.69) is 5.10 Å². The highest BCUT2D eigenvalue weighted by Gasteiger charge is 2.24. The molecule has 1 atom stereocenters. The molecule has 2 heterocycles. The SMILES string of the molecule is Cc1cc(N)n(C2CCCOc3cc(F)ccc32)n1. The third-order valence-corrected chi connectivity index (χ3v) is 3.40. The van der Waals surface area contributed by atoms with Crippen LogP contribution in [0.1, 0.15) is 30.1 Å². The molecule has 0 bridgehead atoms. The molecule has 100 valence electrons. The molecule has 1 aliphatic heterocycles. The minimum Gasteiger partial charge on any atom is -0.493 e. The number of hydrogen-bond donors (Lipinski definition) is 1. The molecule has 2 N–H and O–H groups in total. The summed E-state index contributed by atoms with van der Waals surface area (Å²) in [5, 5.41) is 4.44. The van der Waals surface area contributed by atoms with Crippen molar-refractivity contribution in [3.63, 3.8) is 0 Å². The van der Waals surface area contributed by atoms with Crippen LogP contribution in [0.25, 0.3) is 0 Å². The van der Waals surface area contributed by atoms with Gasteiger partial charge in [-0.25, -0.2) is 9.07 Å². The fourth-order valence-corrected chi connectivity index (χ4v) is 2.56. The van der Waals surface area contributed by atoms with E-state index in [-0.39, 0.29) is 11.9 Å². The Hall–Kier alpha value is -2.04. The molecule has 2 aromatic rings. The number of benzene rings is 1. The Labute approximate surface area is 111 Å². The summed E-state index contributed by atoms with van der Waals surface area (Å²) in [6, 6.07) is 6.49. The predicted molar refractivity (Wildman–Crippen MR) is 70.6 cm³/mol. The summed E-state index contributed by atoms with van der Waals surface area (Å²) >= 11 is 0. The van der Waals surface area contributed by atoms with Gasteiger partial charge >= 0.3 is 0 Å². The number of aromatic nitrogens is 2. The third kappa shape index (κ3) is 2.16. The average Bonchev–Trinajstić information content (AvgIpc) is 2.59. The summed E-state index contributed by atoms with van der Waals surface area (Å²) in [6.07, 6.45) is 1.77.